The van der Waals surface area contributed by atoms with Crippen molar-refractivity contribution < 1.29 is 19.4 Å². The zero-order chi connectivity index (χ0) is 20.6. The van der Waals surface area contributed by atoms with Gasteiger partial charge in [-0.1, -0.05) is 43.0 Å². The van der Waals surface area contributed by atoms with E-state index < -0.39 is 6.29 Å². The summed E-state index contributed by atoms with van der Waals surface area (Å²) >= 11 is 6.07. The van der Waals surface area contributed by atoms with Crippen molar-refractivity contribution in [3.05, 3.63) is 46.7 Å². The van der Waals surface area contributed by atoms with Crippen LogP contribution in [-0.2, 0) is 14.3 Å². The minimum Gasteiger partial charge on any atom is -0.459 e. The van der Waals surface area contributed by atoms with E-state index in [1.807, 2.05) is 37.3 Å². The van der Waals surface area contributed by atoms with Crippen LogP contribution in [0.4, 0.5) is 0 Å². The van der Waals surface area contributed by atoms with Crippen molar-refractivity contribution in [1.82, 2.24) is 5.32 Å². The van der Waals surface area contributed by atoms with Crippen LogP contribution in [0.1, 0.15) is 63.4 Å². The highest BCUT2D eigenvalue weighted by Crippen LogP contribution is 2.39. The van der Waals surface area contributed by atoms with E-state index in [0.29, 0.717) is 23.8 Å². The molecule has 1 aliphatic heterocycles. The minimum atomic E-state index is -0.524. The van der Waals surface area contributed by atoms with Crippen LogP contribution >= 0.6 is 11.6 Å². The first-order valence-corrected chi connectivity index (χ1v) is 11.2. The maximum Gasteiger partial charge on any atom is 0.286 e. The number of aliphatic hydroxyl groups excluding tert-OH is 1. The van der Waals surface area contributed by atoms with Crippen molar-refractivity contribution in [1.29, 1.82) is 0 Å². The van der Waals surface area contributed by atoms with Gasteiger partial charge in [-0.15, -0.1) is 0 Å². The Morgan fingerprint density at radius 2 is 1.97 bits per heavy atom. The lowest BCUT2D eigenvalue weighted by atomic mass is 9.80. The monoisotopic (exact) mass is 421 g/mol. The van der Waals surface area contributed by atoms with Gasteiger partial charge in [0, 0.05) is 36.1 Å². The topological polar surface area (TPSA) is 67.8 Å². The van der Waals surface area contributed by atoms with Crippen LogP contribution in [0, 0.1) is 5.92 Å². The summed E-state index contributed by atoms with van der Waals surface area (Å²) in [6.45, 7) is 2.52. The number of aliphatic hydroxyl groups is 1. The first-order chi connectivity index (χ1) is 14.1. The molecule has 2 aliphatic rings. The molecule has 3 rings (SSSR count). The zero-order valence-electron chi connectivity index (χ0n) is 17.1. The largest absolute Gasteiger partial charge is 0.459 e. The summed E-state index contributed by atoms with van der Waals surface area (Å²) in [5.74, 6) is 0.126. The Kier molecular flexibility index (Phi) is 8.40. The van der Waals surface area contributed by atoms with Crippen LogP contribution < -0.4 is 5.32 Å². The average molecular weight is 422 g/mol. The van der Waals surface area contributed by atoms with Crippen LogP contribution in [0.25, 0.3) is 0 Å². The molecule has 2 N–H and O–H groups in total. The number of hydrogen-bond donors (Lipinski definition) is 2. The van der Waals surface area contributed by atoms with Crippen LogP contribution in [0.3, 0.4) is 0 Å². The highest BCUT2D eigenvalue weighted by molar-refractivity contribution is 6.30. The highest BCUT2D eigenvalue weighted by atomic mass is 35.5. The van der Waals surface area contributed by atoms with Crippen molar-refractivity contribution in [3.8, 4) is 0 Å². The molecule has 1 saturated carbocycles. The lowest BCUT2D eigenvalue weighted by Crippen LogP contribution is -2.42. The maximum absolute atomic E-state index is 12.9. The van der Waals surface area contributed by atoms with Gasteiger partial charge in [-0.05, 0) is 56.4 Å². The molecule has 1 heterocycles. The van der Waals surface area contributed by atoms with E-state index in [1.165, 1.54) is 6.42 Å². The van der Waals surface area contributed by atoms with E-state index in [9.17, 15) is 9.90 Å². The summed E-state index contributed by atoms with van der Waals surface area (Å²) < 4.78 is 11.9. The molecule has 1 aliphatic carbocycles. The average Bonchev–Trinajstić information content (AvgIpc) is 2.74. The van der Waals surface area contributed by atoms with E-state index >= 15 is 0 Å². The van der Waals surface area contributed by atoms with Crippen molar-refractivity contribution >= 4 is 17.5 Å². The first-order valence-electron chi connectivity index (χ1n) is 10.8. The molecule has 0 bridgehead atoms. The molecule has 1 amide bonds. The Hall–Kier alpha value is -1.56. The quantitative estimate of drug-likeness (QED) is 0.646. The molecule has 3 atom stereocenters. The number of rotatable bonds is 8. The van der Waals surface area contributed by atoms with Gasteiger partial charge in [0.05, 0.1) is 0 Å². The molecule has 1 aromatic rings. The van der Waals surface area contributed by atoms with Gasteiger partial charge < -0.3 is 19.9 Å². The van der Waals surface area contributed by atoms with Crippen molar-refractivity contribution in [2.45, 2.75) is 70.1 Å². The second kappa shape index (κ2) is 11.0. The zero-order valence-corrected chi connectivity index (χ0v) is 17.9. The fourth-order valence-electron chi connectivity index (χ4n) is 4.33. The number of allylic oxidation sites excluding steroid dienone is 1. The SMILES string of the molecule is CCO[C@H]1OC(C(=O)NC2CCCCC2)=C[C@@H](c2ccc(Cl)cc2)[C@H]1CCCO. The third-order valence-corrected chi connectivity index (χ3v) is 6.08. The molecule has 0 saturated heterocycles. The van der Waals surface area contributed by atoms with E-state index in [0.717, 1.165) is 37.7 Å². The van der Waals surface area contributed by atoms with Gasteiger partial charge in [0.1, 0.15) is 0 Å². The smallest absolute Gasteiger partial charge is 0.286 e. The van der Waals surface area contributed by atoms with Crippen LogP contribution in [0.15, 0.2) is 36.1 Å². The maximum atomic E-state index is 12.9. The van der Waals surface area contributed by atoms with Gasteiger partial charge in [-0.3, -0.25) is 4.79 Å². The summed E-state index contributed by atoms with van der Waals surface area (Å²) in [6.07, 6.45) is 8.38. The lowest BCUT2D eigenvalue weighted by molar-refractivity contribution is -0.166. The number of carbonyl (C=O) groups is 1. The first kappa shape index (κ1) is 22.1. The molecular weight excluding hydrogens is 390 g/mol. The Labute approximate surface area is 178 Å². The third-order valence-electron chi connectivity index (χ3n) is 5.83. The van der Waals surface area contributed by atoms with E-state index in [4.69, 9.17) is 21.1 Å². The van der Waals surface area contributed by atoms with Gasteiger partial charge >= 0.3 is 0 Å². The predicted molar refractivity (Wildman–Crippen MR) is 114 cm³/mol. The van der Waals surface area contributed by atoms with Gasteiger partial charge in [0.25, 0.3) is 5.91 Å². The molecule has 29 heavy (non-hydrogen) atoms. The summed E-state index contributed by atoms with van der Waals surface area (Å²) in [6, 6.07) is 7.91. The molecule has 0 aromatic heterocycles. The Bertz CT molecular complexity index is 685. The molecule has 0 radical (unpaired) electrons. The van der Waals surface area contributed by atoms with Crippen LogP contribution in [-0.4, -0.2) is 36.6 Å². The normalized spacial score (nSPS) is 25.2. The molecular formula is C23H32ClNO4. The fourth-order valence-corrected chi connectivity index (χ4v) is 4.46. The molecule has 0 unspecified atom stereocenters. The summed E-state index contributed by atoms with van der Waals surface area (Å²) in [5, 5.41) is 13.2. The number of benzene rings is 1. The van der Waals surface area contributed by atoms with Crippen molar-refractivity contribution in [2.75, 3.05) is 13.2 Å². The summed E-state index contributed by atoms with van der Waals surface area (Å²) in [5.41, 5.74) is 1.06. The number of hydrogen-bond acceptors (Lipinski definition) is 4. The van der Waals surface area contributed by atoms with E-state index in [-0.39, 0.29) is 30.4 Å². The number of nitrogens with one attached hydrogen (secondary N) is 1. The van der Waals surface area contributed by atoms with Gasteiger partial charge in [0.15, 0.2) is 5.76 Å². The van der Waals surface area contributed by atoms with E-state index in [1.54, 1.807) is 0 Å². The lowest BCUT2D eigenvalue weighted by Gasteiger charge is -2.37. The fraction of sp³-hybridized carbons (Fsp3) is 0.609. The summed E-state index contributed by atoms with van der Waals surface area (Å²) in [7, 11) is 0. The Morgan fingerprint density at radius 3 is 2.62 bits per heavy atom. The van der Waals surface area contributed by atoms with Crippen LogP contribution in [0.5, 0.6) is 0 Å². The second-order valence-electron chi connectivity index (χ2n) is 7.89. The molecule has 0 spiro atoms. The van der Waals surface area contributed by atoms with E-state index in [2.05, 4.69) is 5.32 Å². The number of halogens is 1. The van der Waals surface area contributed by atoms with Gasteiger partial charge in [-0.25, -0.2) is 0 Å². The molecule has 160 valence electrons. The minimum absolute atomic E-state index is 0.00880. The summed E-state index contributed by atoms with van der Waals surface area (Å²) in [4.78, 5) is 12.9. The molecule has 1 aromatic carbocycles. The number of carbonyl (C=O) groups excluding carboxylic acids is 1. The number of ether oxygens (including phenoxy) is 2. The highest BCUT2D eigenvalue weighted by Gasteiger charge is 2.38. The van der Waals surface area contributed by atoms with Crippen molar-refractivity contribution in [3.63, 3.8) is 0 Å². The second-order valence-corrected chi connectivity index (χ2v) is 8.32. The van der Waals surface area contributed by atoms with Gasteiger partial charge in [0.2, 0.25) is 6.29 Å². The molecule has 5 nitrogen and oxygen atoms in total. The standard InChI is InChI=1S/C23H32ClNO4/c1-2-28-23-19(9-6-14-26)20(16-10-12-17(24)13-11-16)15-21(29-23)22(27)25-18-7-4-3-5-8-18/h10-13,15,18-20,23,26H,2-9,14H2,1H3,(H,25,27)/t19-,20+,23+/m1/s1. The Balaban J connectivity index is 1.86. The van der Waals surface area contributed by atoms with Crippen molar-refractivity contribution in [2.24, 2.45) is 5.92 Å². The Morgan fingerprint density at radius 1 is 1.24 bits per heavy atom. The molecule has 6 heteroatoms. The van der Waals surface area contributed by atoms with Crippen LogP contribution in [0.2, 0.25) is 5.02 Å². The van der Waals surface area contributed by atoms with Gasteiger partial charge in [-0.2, -0.15) is 0 Å². The number of amides is 1. The predicted octanol–water partition coefficient (Wildman–Crippen LogP) is 4.54. The third kappa shape index (κ3) is 5.97. The molecule has 1 fully saturated rings.